The van der Waals surface area contributed by atoms with Crippen LogP contribution in [-0.4, -0.2) is 24.2 Å². The molecule has 5 heteroatoms. The number of rotatable bonds is 5. The average molecular weight is 307 g/mol. The van der Waals surface area contributed by atoms with E-state index in [1.54, 1.807) is 14.2 Å². The van der Waals surface area contributed by atoms with Crippen LogP contribution in [0.25, 0.3) is 0 Å². The second kappa shape index (κ2) is 6.25. The summed E-state index contributed by atoms with van der Waals surface area (Å²) in [5, 5.41) is 0. The van der Waals surface area contributed by atoms with Crippen LogP contribution >= 0.6 is 15.9 Å². The fourth-order valence-electron chi connectivity index (χ4n) is 1.32. The van der Waals surface area contributed by atoms with Gasteiger partial charge in [0.2, 0.25) is 0 Å². The van der Waals surface area contributed by atoms with Gasteiger partial charge in [-0.25, -0.2) is 0 Å². The quantitative estimate of drug-likeness (QED) is 0.839. The van der Waals surface area contributed by atoms with Crippen molar-refractivity contribution in [1.82, 2.24) is 0 Å². The summed E-state index contributed by atoms with van der Waals surface area (Å²) in [4.78, 5) is 0. The predicted molar refractivity (Wildman–Crippen MR) is 69.6 cm³/mol. The SMILES string of the molecule is CCS(=O)Cc1ccc(OC)c(OC)c1Br. The lowest BCUT2D eigenvalue weighted by molar-refractivity contribution is 0.353. The number of hydrogen-bond acceptors (Lipinski definition) is 3. The van der Waals surface area contributed by atoms with Gasteiger partial charge in [0, 0.05) is 22.3 Å². The minimum atomic E-state index is -0.833. The highest BCUT2D eigenvalue weighted by molar-refractivity contribution is 9.10. The van der Waals surface area contributed by atoms with Crippen LogP contribution in [0.15, 0.2) is 16.6 Å². The van der Waals surface area contributed by atoms with Gasteiger partial charge in [0.15, 0.2) is 11.5 Å². The van der Waals surface area contributed by atoms with Crippen LogP contribution in [-0.2, 0) is 16.6 Å². The average Bonchev–Trinajstić information content (AvgIpc) is 2.31. The van der Waals surface area contributed by atoms with Crippen molar-refractivity contribution in [3.8, 4) is 11.5 Å². The number of methoxy groups -OCH3 is 2. The van der Waals surface area contributed by atoms with Gasteiger partial charge in [-0.15, -0.1) is 0 Å². The Labute approximate surface area is 107 Å². The van der Waals surface area contributed by atoms with Crippen LogP contribution in [0, 0.1) is 0 Å². The second-order valence-electron chi connectivity index (χ2n) is 3.15. The predicted octanol–water partition coefficient (Wildman–Crippen LogP) is 2.73. The van der Waals surface area contributed by atoms with Gasteiger partial charge in [-0.05, 0) is 27.6 Å². The molecule has 0 radical (unpaired) electrons. The van der Waals surface area contributed by atoms with Crippen molar-refractivity contribution in [1.29, 1.82) is 0 Å². The van der Waals surface area contributed by atoms with E-state index in [0.717, 1.165) is 10.0 Å². The molecule has 0 saturated heterocycles. The molecule has 0 saturated carbocycles. The first-order valence-electron chi connectivity index (χ1n) is 4.88. The largest absolute Gasteiger partial charge is 0.493 e. The number of hydrogen-bond donors (Lipinski definition) is 0. The Morgan fingerprint density at radius 3 is 2.50 bits per heavy atom. The molecular weight excluding hydrogens is 292 g/mol. The Bertz CT molecular complexity index is 393. The van der Waals surface area contributed by atoms with E-state index >= 15 is 0 Å². The molecule has 1 unspecified atom stereocenters. The molecule has 0 aliphatic heterocycles. The van der Waals surface area contributed by atoms with E-state index in [9.17, 15) is 4.21 Å². The van der Waals surface area contributed by atoms with E-state index < -0.39 is 10.8 Å². The lowest BCUT2D eigenvalue weighted by atomic mass is 10.2. The van der Waals surface area contributed by atoms with E-state index in [4.69, 9.17) is 9.47 Å². The zero-order valence-corrected chi connectivity index (χ0v) is 12.0. The van der Waals surface area contributed by atoms with Crippen molar-refractivity contribution in [3.63, 3.8) is 0 Å². The molecule has 0 aliphatic rings. The van der Waals surface area contributed by atoms with Crippen LogP contribution in [0.3, 0.4) is 0 Å². The first-order valence-corrected chi connectivity index (χ1v) is 7.16. The molecule has 0 N–H and O–H groups in total. The van der Waals surface area contributed by atoms with E-state index in [1.807, 2.05) is 19.1 Å². The van der Waals surface area contributed by atoms with Gasteiger partial charge in [-0.1, -0.05) is 13.0 Å². The van der Waals surface area contributed by atoms with Gasteiger partial charge >= 0.3 is 0 Å². The fraction of sp³-hybridized carbons (Fsp3) is 0.455. The van der Waals surface area contributed by atoms with Gasteiger partial charge in [0.25, 0.3) is 0 Å². The molecule has 90 valence electrons. The lowest BCUT2D eigenvalue weighted by Gasteiger charge is -2.12. The molecule has 1 aromatic rings. The molecule has 0 fully saturated rings. The van der Waals surface area contributed by atoms with Crippen molar-refractivity contribution in [3.05, 3.63) is 22.2 Å². The highest BCUT2D eigenvalue weighted by Gasteiger charge is 2.13. The number of benzene rings is 1. The Balaban J connectivity index is 3.08. The van der Waals surface area contributed by atoms with Crippen LogP contribution in [0.2, 0.25) is 0 Å². The maximum absolute atomic E-state index is 11.5. The maximum atomic E-state index is 11.5. The Hall–Kier alpha value is -0.550. The number of halogens is 1. The summed E-state index contributed by atoms with van der Waals surface area (Å²) >= 11 is 3.45. The van der Waals surface area contributed by atoms with Crippen LogP contribution < -0.4 is 9.47 Å². The van der Waals surface area contributed by atoms with Crippen LogP contribution in [0.5, 0.6) is 11.5 Å². The molecule has 0 aromatic heterocycles. The summed E-state index contributed by atoms with van der Waals surface area (Å²) in [6.45, 7) is 1.91. The molecule has 0 bridgehead atoms. The normalized spacial score (nSPS) is 12.2. The molecule has 0 amide bonds. The summed E-state index contributed by atoms with van der Waals surface area (Å²) in [6.07, 6.45) is 0. The van der Waals surface area contributed by atoms with Gasteiger partial charge < -0.3 is 9.47 Å². The molecule has 0 heterocycles. The van der Waals surface area contributed by atoms with Gasteiger partial charge in [-0.2, -0.15) is 0 Å². The second-order valence-corrected chi connectivity index (χ2v) is 5.69. The van der Waals surface area contributed by atoms with Crippen molar-refractivity contribution in [2.24, 2.45) is 0 Å². The first-order chi connectivity index (χ1) is 7.63. The summed E-state index contributed by atoms with van der Waals surface area (Å²) in [5.41, 5.74) is 0.970. The minimum absolute atomic E-state index is 0.525. The molecule has 0 aliphatic carbocycles. The van der Waals surface area contributed by atoms with E-state index in [2.05, 4.69) is 15.9 Å². The topological polar surface area (TPSA) is 35.5 Å². The number of ether oxygens (including phenoxy) is 2. The summed E-state index contributed by atoms with van der Waals surface area (Å²) in [6, 6.07) is 3.73. The van der Waals surface area contributed by atoms with Crippen molar-refractivity contribution in [2.45, 2.75) is 12.7 Å². The van der Waals surface area contributed by atoms with Crippen LogP contribution in [0.4, 0.5) is 0 Å². The molecule has 1 atom stereocenters. The Kier molecular flexibility index (Phi) is 5.28. The van der Waals surface area contributed by atoms with Crippen molar-refractivity contribution >= 4 is 26.7 Å². The third-order valence-electron chi connectivity index (χ3n) is 2.20. The third kappa shape index (κ3) is 2.98. The van der Waals surface area contributed by atoms with Crippen molar-refractivity contribution < 1.29 is 13.7 Å². The lowest BCUT2D eigenvalue weighted by Crippen LogP contribution is -2.00. The van der Waals surface area contributed by atoms with E-state index in [0.29, 0.717) is 23.0 Å². The monoisotopic (exact) mass is 306 g/mol. The molecule has 0 spiro atoms. The zero-order chi connectivity index (χ0) is 12.1. The Morgan fingerprint density at radius 2 is 2.00 bits per heavy atom. The van der Waals surface area contributed by atoms with E-state index in [-0.39, 0.29) is 0 Å². The highest BCUT2D eigenvalue weighted by Crippen LogP contribution is 2.37. The molecule has 3 nitrogen and oxygen atoms in total. The minimum Gasteiger partial charge on any atom is -0.493 e. The Morgan fingerprint density at radius 1 is 1.31 bits per heavy atom. The summed E-state index contributed by atoms with van der Waals surface area (Å²) in [7, 11) is 2.34. The van der Waals surface area contributed by atoms with Gasteiger partial charge in [0.1, 0.15) is 0 Å². The molecule has 1 aromatic carbocycles. The summed E-state index contributed by atoms with van der Waals surface area (Å²) < 4.78 is 22.7. The molecular formula is C11H15BrO3S. The molecule has 16 heavy (non-hydrogen) atoms. The first kappa shape index (κ1) is 13.5. The standard InChI is InChI=1S/C11H15BrO3S/c1-4-16(13)7-8-5-6-9(14-2)11(15-3)10(8)12/h5-6H,4,7H2,1-3H3. The molecule has 1 rings (SSSR count). The zero-order valence-electron chi connectivity index (χ0n) is 9.58. The summed E-state index contributed by atoms with van der Waals surface area (Å²) in [5.74, 6) is 2.49. The smallest absolute Gasteiger partial charge is 0.175 e. The third-order valence-corrected chi connectivity index (χ3v) is 4.35. The highest BCUT2D eigenvalue weighted by atomic mass is 79.9. The maximum Gasteiger partial charge on any atom is 0.175 e. The van der Waals surface area contributed by atoms with Gasteiger partial charge in [0.05, 0.1) is 18.7 Å². The van der Waals surface area contributed by atoms with Gasteiger partial charge in [-0.3, -0.25) is 4.21 Å². The van der Waals surface area contributed by atoms with E-state index in [1.165, 1.54) is 0 Å². The fourth-order valence-corrected chi connectivity index (χ4v) is 2.92. The van der Waals surface area contributed by atoms with Crippen LogP contribution in [0.1, 0.15) is 12.5 Å². The van der Waals surface area contributed by atoms with Crippen molar-refractivity contribution in [2.75, 3.05) is 20.0 Å².